The number of anilines is 9. The van der Waals surface area contributed by atoms with Crippen molar-refractivity contribution in [2.75, 3.05) is 14.7 Å². The van der Waals surface area contributed by atoms with Crippen LogP contribution in [-0.2, 0) is 0 Å². The van der Waals surface area contributed by atoms with Gasteiger partial charge in [-0.1, -0.05) is 442 Å². The van der Waals surface area contributed by atoms with Gasteiger partial charge in [0.25, 0.3) is 0 Å². The van der Waals surface area contributed by atoms with E-state index in [1.165, 1.54) is 150 Å². The Kier molecular flexibility index (Phi) is 25.4. The lowest BCUT2D eigenvalue weighted by atomic mass is 9.83. The molecule has 21 rings (SSSR count). The summed E-state index contributed by atoms with van der Waals surface area (Å²) in [6.45, 7) is 6.47. The van der Waals surface area contributed by atoms with E-state index in [9.17, 15) is 0 Å². The lowest BCUT2D eigenvalue weighted by Crippen LogP contribution is -2.09. The minimum absolute atomic E-state index is 0.00718. The minimum Gasteiger partial charge on any atom is -0.311 e. The quantitative estimate of drug-likeness (QED) is 0.0558. The summed E-state index contributed by atoms with van der Waals surface area (Å²) in [5, 5.41) is 0. The van der Waals surface area contributed by atoms with E-state index in [0.717, 1.165) is 51.2 Å². The molecule has 0 N–H and O–H groups in total. The first-order valence-corrected chi connectivity index (χ1v) is 46.3. The van der Waals surface area contributed by atoms with E-state index >= 15 is 0 Å². The van der Waals surface area contributed by atoms with Crippen molar-refractivity contribution in [3.05, 3.63) is 596 Å². The largest absolute Gasteiger partial charge is 0.311 e. The summed E-state index contributed by atoms with van der Waals surface area (Å²) in [5.74, 6) is 0.158. The SMILES string of the molecule is Cc1cccc(C(c2ccccc2)c2ccc(-c3ccc(C(c4ccc(-c5ccc(N(c6ccccc6)c6cccc(C)c6)cc5)cc4)c4ccc(-c5ccc(N(c6ccccc6)c6cccc(C)c6)cc5)cc4)cc3)cc2)c1.c1ccc(-c2ccc(-c3ccc(N(c4ccc(-c5ccc(-c6ccccc6)cc5)cc4)c4ccc(-c5ccc(-c6ccccc6)cc5)cc4)cc3)cc2)cc1. The molecule has 640 valence electrons. The summed E-state index contributed by atoms with van der Waals surface area (Å²) in [7, 11) is 0. The van der Waals surface area contributed by atoms with Crippen molar-refractivity contribution >= 4 is 51.2 Å². The fraction of sp³-hybridized carbons (Fsp3) is 0.0382. The molecule has 0 bridgehead atoms. The molecular formula is C131H101N3. The summed E-state index contributed by atoms with van der Waals surface area (Å²) < 4.78 is 0. The Labute approximate surface area is 789 Å². The van der Waals surface area contributed by atoms with Crippen LogP contribution in [0.2, 0.25) is 0 Å². The average molecular weight is 1720 g/mol. The Balaban J connectivity index is 0.000000177. The molecule has 0 spiro atoms. The van der Waals surface area contributed by atoms with E-state index < -0.39 is 0 Å². The zero-order chi connectivity index (χ0) is 90.3. The molecule has 0 fully saturated rings. The van der Waals surface area contributed by atoms with Crippen LogP contribution in [-0.4, -0.2) is 0 Å². The molecular weight excluding hydrogens is 1620 g/mol. The number of hydrogen-bond donors (Lipinski definition) is 0. The van der Waals surface area contributed by atoms with Crippen LogP contribution < -0.4 is 14.7 Å². The van der Waals surface area contributed by atoms with Gasteiger partial charge in [0, 0.05) is 63.0 Å². The van der Waals surface area contributed by atoms with Crippen LogP contribution in [0.1, 0.15) is 61.9 Å². The van der Waals surface area contributed by atoms with Gasteiger partial charge in [-0.25, -0.2) is 0 Å². The average Bonchev–Trinajstić information content (AvgIpc) is 0.784. The molecule has 0 aliphatic heterocycles. The van der Waals surface area contributed by atoms with Crippen molar-refractivity contribution < 1.29 is 0 Å². The van der Waals surface area contributed by atoms with Crippen LogP contribution in [0, 0.1) is 20.8 Å². The number of rotatable bonds is 24. The Morgan fingerprint density at radius 3 is 0.493 bits per heavy atom. The Bertz CT molecular complexity index is 6690. The van der Waals surface area contributed by atoms with E-state index in [1.807, 2.05) is 0 Å². The molecule has 3 heteroatoms. The Morgan fingerprint density at radius 1 is 0.112 bits per heavy atom. The first kappa shape index (κ1) is 85.1. The van der Waals surface area contributed by atoms with Crippen molar-refractivity contribution in [2.45, 2.75) is 32.6 Å². The summed E-state index contributed by atoms with van der Waals surface area (Å²) in [5.41, 5.74) is 43.0. The molecule has 0 aliphatic rings. The van der Waals surface area contributed by atoms with Crippen molar-refractivity contribution in [3.63, 3.8) is 0 Å². The van der Waals surface area contributed by atoms with Gasteiger partial charge < -0.3 is 14.7 Å². The molecule has 21 aromatic carbocycles. The summed E-state index contributed by atoms with van der Waals surface area (Å²) in [4.78, 5) is 6.99. The maximum atomic E-state index is 2.34. The third-order valence-electron chi connectivity index (χ3n) is 25.6. The first-order chi connectivity index (χ1) is 66.1. The number of benzene rings is 21. The Hall–Kier alpha value is -17.0. The lowest BCUT2D eigenvalue weighted by Gasteiger charge is -2.26. The van der Waals surface area contributed by atoms with Crippen LogP contribution in [0.25, 0.3) is 100 Å². The monoisotopic (exact) mass is 1720 g/mol. The van der Waals surface area contributed by atoms with Crippen LogP contribution in [0.3, 0.4) is 0 Å². The van der Waals surface area contributed by atoms with E-state index in [2.05, 4.69) is 581 Å². The standard InChI is InChI=1S/C77H62N2.C54H39N/c1-55-16-13-21-69(52-55)77(64-19-7-4-8-20-64)68-42-34-59(35-43-68)58-28-36-65(37-29-58)76(66-38-30-60(31-39-66)62-44-48-72(49-45-62)78(70-22-9-5-10-23-70)74-26-14-17-56(2)53-74)67-40-32-61(33-41-67)63-46-50-73(51-47-63)79(71-24-11-6-12-25-71)75-27-15-18-57(3)54-75;1-4-10-40(11-5-1)43-16-22-46(23-17-43)49-28-34-52(35-29-49)55(53-36-30-50(31-37-53)47-24-18-44(19-25-47)41-12-6-2-7-13-41)54-38-32-51(33-39-54)48-26-20-45(21-27-48)42-14-8-3-9-15-42/h4-54,76-77H,1-3H3;1-39H. The molecule has 0 saturated heterocycles. The van der Waals surface area contributed by atoms with E-state index in [0.29, 0.717) is 0 Å². The van der Waals surface area contributed by atoms with E-state index in [4.69, 9.17) is 0 Å². The smallest absolute Gasteiger partial charge is 0.0464 e. The normalized spacial score (nSPS) is 11.3. The van der Waals surface area contributed by atoms with Gasteiger partial charge in [-0.2, -0.15) is 0 Å². The second-order valence-electron chi connectivity index (χ2n) is 34.6. The fourth-order valence-corrected chi connectivity index (χ4v) is 18.6. The molecule has 0 amide bonds. The highest BCUT2D eigenvalue weighted by molar-refractivity contribution is 5.85. The second kappa shape index (κ2) is 39.9. The van der Waals surface area contributed by atoms with Crippen molar-refractivity contribution in [2.24, 2.45) is 0 Å². The highest BCUT2D eigenvalue weighted by Gasteiger charge is 2.23. The van der Waals surface area contributed by atoms with Crippen LogP contribution >= 0.6 is 0 Å². The van der Waals surface area contributed by atoms with Crippen LogP contribution in [0.15, 0.2) is 546 Å². The molecule has 134 heavy (non-hydrogen) atoms. The minimum atomic E-state index is 0.00718. The maximum absolute atomic E-state index is 2.34. The van der Waals surface area contributed by atoms with Gasteiger partial charge in [0.2, 0.25) is 0 Å². The number of aryl methyl sites for hydroxylation is 3. The van der Waals surface area contributed by atoms with Crippen LogP contribution in [0.4, 0.5) is 51.2 Å². The number of hydrogen-bond acceptors (Lipinski definition) is 3. The molecule has 3 nitrogen and oxygen atoms in total. The van der Waals surface area contributed by atoms with E-state index in [1.54, 1.807) is 0 Å². The van der Waals surface area contributed by atoms with Crippen molar-refractivity contribution in [3.8, 4) is 100 Å². The van der Waals surface area contributed by atoms with Gasteiger partial charge in [0.05, 0.1) is 0 Å². The predicted molar refractivity (Wildman–Crippen MR) is 568 cm³/mol. The molecule has 0 saturated carbocycles. The summed E-state index contributed by atoms with van der Waals surface area (Å²) >= 11 is 0. The molecule has 0 aliphatic carbocycles. The molecule has 0 heterocycles. The molecule has 1 atom stereocenters. The second-order valence-corrected chi connectivity index (χ2v) is 34.6. The lowest BCUT2D eigenvalue weighted by molar-refractivity contribution is 0.974. The predicted octanol–water partition coefficient (Wildman–Crippen LogP) is 36.1. The fourth-order valence-electron chi connectivity index (χ4n) is 18.6. The number of nitrogens with zero attached hydrogens (tertiary/aromatic N) is 3. The highest BCUT2D eigenvalue weighted by atomic mass is 15.2. The highest BCUT2D eigenvalue weighted by Crippen LogP contribution is 2.45. The van der Waals surface area contributed by atoms with Gasteiger partial charge in [-0.3, -0.25) is 0 Å². The number of para-hydroxylation sites is 2. The third-order valence-corrected chi connectivity index (χ3v) is 25.6. The van der Waals surface area contributed by atoms with Gasteiger partial charge in [0.15, 0.2) is 0 Å². The van der Waals surface area contributed by atoms with Crippen LogP contribution in [0.5, 0.6) is 0 Å². The van der Waals surface area contributed by atoms with Gasteiger partial charge in [-0.15, -0.1) is 0 Å². The molecule has 1 unspecified atom stereocenters. The van der Waals surface area contributed by atoms with Crippen molar-refractivity contribution in [1.29, 1.82) is 0 Å². The summed E-state index contributed by atoms with van der Waals surface area (Å²) in [6, 6.07) is 198. The zero-order valence-corrected chi connectivity index (χ0v) is 75.5. The summed E-state index contributed by atoms with van der Waals surface area (Å²) in [6.07, 6.45) is 0. The third kappa shape index (κ3) is 19.5. The Morgan fingerprint density at radius 2 is 0.261 bits per heavy atom. The molecule has 0 radical (unpaired) electrons. The van der Waals surface area contributed by atoms with E-state index in [-0.39, 0.29) is 11.8 Å². The van der Waals surface area contributed by atoms with Gasteiger partial charge in [0.1, 0.15) is 0 Å². The van der Waals surface area contributed by atoms with Gasteiger partial charge >= 0.3 is 0 Å². The maximum Gasteiger partial charge on any atom is 0.0464 e. The van der Waals surface area contributed by atoms with Crippen molar-refractivity contribution in [1.82, 2.24) is 0 Å². The zero-order valence-electron chi connectivity index (χ0n) is 75.5. The molecule has 0 aromatic heterocycles. The topological polar surface area (TPSA) is 9.72 Å². The first-order valence-electron chi connectivity index (χ1n) is 46.3. The van der Waals surface area contributed by atoms with Gasteiger partial charge in [-0.05, 0) is 275 Å². The molecule has 21 aromatic rings.